The summed E-state index contributed by atoms with van der Waals surface area (Å²) in [6.07, 6.45) is 1.22. The number of aryl methyl sites for hydroxylation is 2. The van der Waals surface area contributed by atoms with E-state index in [0.29, 0.717) is 4.83 Å². The predicted molar refractivity (Wildman–Crippen MR) is 65.6 cm³/mol. The van der Waals surface area contributed by atoms with Crippen molar-refractivity contribution >= 4 is 27.5 Å². The average Bonchev–Trinajstić information content (AvgIpc) is 2.67. The molecule has 1 aromatic heterocycles. The number of hydrogen-bond acceptors (Lipinski definition) is 2. The fourth-order valence-electron chi connectivity index (χ4n) is 2.01. The van der Waals surface area contributed by atoms with E-state index in [4.69, 9.17) is 11.6 Å². The Balaban J connectivity index is 2.10. The Bertz CT molecular complexity index is 364. The molecule has 2 heterocycles. The summed E-state index contributed by atoms with van der Waals surface area (Å²) >= 11 is 9.83. The van der Waals surface area contributed by atoms with Crippen LogP contribution < -0.4 is 0 Å². The van der Waals surface area contributed by atoms with Gasteiger partial charge in [0.15, 0.2) is 0 Å². The smallest absolute Gasteiger partial charge is 0.131 e. The fraction of sp³-hybridized carbons (Fsp3) is 0.700. The first kappa shape index (κ1) is 11.4. The summed E-state index contributed by atoms with van der Waals surface area (Å²) in [7, 11) is 1.89. The summed E-state index contributed by atoms with van der Waals surface area (Å²) in [6.45, 7) is 5.18. The van der Waals surface area contributed by atoms with Gasteiger partial charge in [0.2, 0.25) is 0 Å². The van der Waals surface area contributed by atoms with Gasteiger partial charge in [-0.05, 0) is 19.9 Å². The lowest BCUT2D eigenvalue weighted by Crippen LogP contribution is -2.20. The Morgan fingerprint density at radius 3 is 2.80 bits per heavy atom. The lowest BCUT2D eigenvalue weighted by atomic mass is 10.2. The highest BCUT2D eigenvalue weighted by Crippen LogP contribution is 2.24. The van der Waals surface area contributed by atoms with Gasteiger partial charge in [0.05, 0.1) is 5.69 Å². The summed E-state index contributed by atoms with van der Waals surface area (Å²) in [6, 6.07) is 0. The van der Waals surface area contributed by atoms with Crippen molar-refractivity contribution in [1.82, 2.24) is 14.7 Å². The third kappa shape index (κ3) is 2.37. The van der Waals surface area contributed by atoms with Gasteiger partial charge in [0, 0.05) is 30.5 Å². The van der Waals surface area contributed by atoms with Gasteiger partial charge in [0.1, 0.15) is 5.15 Å². The van der Waals surface area contributed by atoms with Crippen LogP contribution in [0.2, 0.25) is 5.15 Å². The van der Waals surface area contributed by atoms with Gasteiger partial charge in [-0.3, -0.25) is 9.58 Å². The normalized spacial score (nSPS) is 22.5. The summed E-state index contributed by atoms with van der Waals surface area (Å²) < 4.78 is 1.74. The van der Waals surface area contributed by atoms with E-state index >= 15 is 0 Å². The van der Waals surface area contributed by atoms with Gasteiger partial charge in [-0.2, -0.15) is 5.10 Å². The number of halogens is 2. The quantitative estimate of drug-likeness (QED) is 0.780. The first-order valence-corrected chi connectivity index (χ1v) is 6.41. The van der Waals surface area contributed by atoms with Crippen LogP contribution in [0.5, 0.6) is 0 Å². The summed E-state index contributed by atoms with van der Waals surface area (Å²) in [5.41, 5.74) is 2.21. The van der Waals surface area contributed by atoms with Gasteiger partial charge in [-0.25, -0.2) is 0 Å². The minimum absolute atomic E-state index is 0.633. The zero-order chi connectivity index (χ0) is 11.0. The second-order valence-corrected chi connectivity index (χ2v) is 5.75. The maximum atomic E-state index is 6.19. The molecule has 0 spiro atoms. The predicted octanol–water partition coefficient (Wildman–Crippen LogP) is 2.35. The van der Waals surface area contributed by atoms with Crippen molar-refractivity contribution in [3.8, 4) is 0 Å². The molecule has 1 atom stereocenters. The molecule has 0 saturated carbocycles. The molecule has 0 radical (unpaired) electrons. The first-order chi connectivity index (χ1) is 7.08. The van der Waals surface area contributed by atoms with E-state index in [1.54, 1.807) is 4.68 Å². The van der Waals surface area contributed by atoms with Crippen molar-refractivity contribution in [1.29, 1.82) is 0 Å². The fourth-order valence-corrected chi connectivity index (χ4v) is 2.85. The lowest BCUT2D eigenvalue weighted by molar-refractivity contribution is 0.332. The van der Waals surface area contributed by atoms with E-state index in [0.717, 1.165) is 30.5 Å². The molecule has 1 unspecified atom stereocenters. The van der Waals surface area contributed by atoms with Gasteiger partial charge >= 0.3 is 0 Å². The molecule has 0 aromatic carbocycles. The van der Waals surface area contributed by atoms with Gasteiger partial charge in [-0.1, -0.05) is 27.5 Å². The van der Waals surface area contributed by atoms with Crippen molar-refractivity contribution in [3.63, 3.8) is 0 Å². The lowest BCUT2D eigenvalue weighted by Gasteiger charge is -2.14. The van der Waals surface area contributed by atoms with Crippen molar-refractivity contribution in [2.75, 3.05) is 13.1 Å². The number of nitrogens with zero attached hydrogens (tertiary/aromatic N) is 3. The second kappa shape index (κ2) is 4.44. The minimum Gasteiger partial charge on any atom is -0.298 e. The third-order valence-corrected chi connectivity index (χ3v) is 4.09. The number of alkyl halides is 1. The molecule has 15 heavy (non-hydrogen) atoms. The highest BCUT2D eigenvalue weighted by atomic mass is 79.9. The van der Waals surface area contributed by atoms with E-state index in [1.165, 1.54) is 12.0 Å². The van der Waals surface area contributed by atoms with E-state index in [1.807, 2.05) is 14.0 Å². The van der Waals surface area contributed by atoms with Crippen LogP contribution >= 0.6 is 27.5 Å². The maximum absolute atomic E-state index is 6.19. The highest BCUT2D eigenvalue weighted by molar-refractivity contribution is 9.09. The topological polar surface area (TPSA) is 21.1 Å². The number of aromatic nitrogens is 2. The monoisotopic (exact) mass is 291 g/mol. The zero-order valence-electron chi connectivity index (χ0n) is 9.00. The molecule has 1 saturated heterocycles. The van der Waals surface area contributed by atoms with E-state index in [2.05, 4.69) is 25.9 Å². The molecular formula is C10H15BrClN3. The van der Waals surface area contributed by atoms with Crippen LogP contribution in [0.15, 0.2) is 0 Å². The molecule has 5 heteroatoms. The third-order valence-electron chi connectivity index (χ3n) is 2.87. The Morgan fingerprint density at radius 2 is 2.33 bits per heavy atom. The molecule has 0 bridgehead atoms. The van der Waals surface area contributed by atoms with Crippen LogP contribution in [-0.4, -0.2) is 32.6 Å². The van der Waals surface area contributed by atoms with Crippen molar-refractivity contribution < 1.29 is 0 Å². The van der Waals surface area contributed by atoms with E-state index in [9.17, 15) is 0 Å². The number of likely N-dealkylation sites (tertiary alicyclic amines) is 1. The van der Waals surface area contributed by atoms with Crippen LogP contribution in [-0.2, 0) is 13.6 Å². The van der Waals surface area contributed by atoms with Gasteiger partial charge in [0.25, 0.3) is 0 Å². The largest absolute Gasteiger partial charge is 0.298 e. The highest BCUT2D eigenvalue weighted by Gasteiger charge is 2.22. The van der Waals surface area contributed by atoms with Crippen molar-refractivity contribution in [2.45, 2.75) is 24.7 Å². The van der Waals surface area contributed by atoms with E-state index in [-0.39, 0.29) is 0 Å². The standard InChI is InChI=1S/C10H15BrClN3/c1-7-9(10(12)14(2)13-7)6-15-4-3-8(11)5-15/h8H,3-6H2,1-2H3. The molecule has 1 aromatic rings. The molecule has 84 valence electrons. The summed E-state index contributed by atoms with van der Waals surface area (Å²) in [5.74, 6) is 0. The molecule has 2 rings (SSSR count). The van der Waals surface area contributed by atoms with E-state index < -0.39 is 0 Å². The van der Waals surface area contributed by atoms with Crippen LogP contribution in [0.3, 0.4) is 0 Å². The molecule has 3 nitrogen and oxygen atoms in total. The molecule has 1 fully saturated rings. The van der Waals surface area contributed by atoms with Crippen molar-refractivity contribution in [3.05, 3.63) is 16.4 Å². The number of hydrogen-bond donors (Lipinski definition) is 0. The van der Waals surface area contributed by atoms with Gasteiger partial charge in [-0.15, -0.1) is 0 Å². The SMILES string of the molecule is Cc1nn(C)c(Cl)c1CN1CCC(Br)C1. The van der Waals surface area contributed by atoms with Crippen LogP contribution in [0.1, 0.15) is 17.7 Å². The zero-order valence-corrected chi connectivity index (χ0v) is 11.3. The Kier molecular flexibility index (Phi) is 3.38. The maximum Gasteiger partial charge on any atom is 0.131 e. The second-order valence-electron chi connectivity index (χ2n) is 4.10. The summed E-state index contributed by atoms with van der Waals surface area (Å²) in [5, 5.41) is 5.09. The summed E-state index contributed by atoms with van der Waals surface area (Å²) in [4.78, 5) is 3.04. The molecule has 0 N–H and O–H groups in total. The molecule has 0 aliphatic carbocycles. The first-order valence-electron chi connectivity index (χ1n) is 5.12. The van der Waals surface area contributed by atoms with Crippen LogP contribution in [0.25, 0.3) is 0 Å². The molecule has 0 amide bonds. The molecule has 1 aliphatic rings. The molecule has 1 aliphatic heterocycles. The Labute approximate surface area is 104 Å². The Hall–Kier alpha value is -0.0600. The Morgan fingerprint density at radius 1 is 1.60 bits per heavy atom. The average molecular weight is 293 g/mol. The van der Waals surface area contributed by atoms with Crippen molar-refractivity contribution in [2.24, 2.45) is 7.05 Å². The van der Waals surface area contributed by atoms with Gasteiger partial charge < -0.3 is 0 Å². The minimum atomic E-state index is 0.633. The van der Waals surface area contributed by atoms with Crippen LogP contribution in [0.4, 0.5) is 0 Å². The number of rotatable bonds is 2. The molecular weight excluding hydrogens is 277 g/mol. The van der Waals surface area contributed by atoms with Crippen LogP contribution in [0, 0.1) is 6.92 Å².